The van der Waals surface area contributed by atoms with Crippen LogP contribution in [0.1, 0.15) is 27.5 Å². The van der Waals surface area contributed by atoms with Gasteiger partial charge in [0.1, 0.15) is 28.6 Å². The molecule has 9 nitrogen and oxygen atoms in total. The summed E-state index contributed by atoms with van der Waals surface area (Å²) in [5, 5.41) is 11.6. The Labute approximate surface area is 213 Å². The van der Waals surface area contributed by atoms with Gasteiger partial charge in [-0.05, 0) is 42.5 Å². The molecule has 1 atom stereocenters. The molecule has 0 radical (unpaired) electrons. The fraction of sp³-hybridized carbons (Fsp3) is 0.179. The number of ketones is 1. The number of rotatable bonds is 7. The molecule has 0 spiro atoms. The largest absolute Gasteiger partial charge is 0.506 e. The zero-order valence-corrected chi connectivity index (χ0v) is 20.7. The number of methoxy groups -OCH3 is 4. The highest BCUT2D eigenvalue weighted by atomic mass is 16.5. The maximum atomic E-state index is 13.5. The first-order chi connectivity index (χ1) is 17.9. The fourth-order valence-electron chi connectivity index (χ4n) is 4.38. The molecule has 1 aliphatic rings. The Balaban J connectivity index is 2.00. The van der Waals surface area contributed by atoms with E-state index in [0.717, 1.165) is 0 Å². The van der Waals surface area contributed by atoms with E-state index in [-0.39, 0.29) is 28.2 Å². The number of ether oxygens (including phenoxy) is 4. The van der Waals surface area contributed by atoms with E-state index in [1.165, 1.54) is 57.6 Å². The SMILES string of the molecule is COC(=O)c1ccc(N2C(=O)C(=O)/C(=C(/O)c3c(OC)cccc3OC)C2c2ccccc2OC)cc1. The second kappa shape index (κ2) is 10.4. The number of esters is 1. The summed E-state index contributed by atoms with van der Waals surface area (Å²) in [5.74, 6) is -1.86. The van der Waals surface area contributed by atoms with E-state index in [1.807, 2.05) is 0 Å². The molecule has 190 valence electrons. The summed E-state index contributed by atoms with van der Waals surface area (Å²) in [6, 6.07) is 16.8. The Morgan fingerprint density at radius 2 is 1.35 bits per heavy atom. The number of nitrogens with zero attached hydrogens (tertiary/aromatic N) is 1. The summed E-state index contributed by atoms with van der Waals surface area (Å²) in [7, 11) is 5.58. The number of amides is 1. The molecular weight excluding hydrogens is 478 g/mol. The maximum absolute atomic E-state index is 13.5. The molecule has 1 aliphatic heterocycles. The number of aliphatic hydroxyl groups excluding tert-OH is 1. The maximum Gasteiger partial charge on any atom is 0.337 e. The van der Waals surface area contributed by atoms with E-state index in [4.69, 9.17) is 18.9 Å². The summed E-state index contributed by atoms with van der Waals surface area (Å²) < 4.78 is 21.1. The van der Waals surface area contributed by atoms with Crippen LogP contribution < -0.4 is 19.1 Å². The number of benzene rings is 3. The van der Waals surface area contributed by atoms with E-state index in [9.17, 15) is 19.5 Å². The van der Waals surface area contributed by atoms with E-state index in [1.54, 1.807) is 42.5 Å². The third kappa shape index (κ3) is 4.35. The highest BCUT2D eigenvalue weighted by molar-refractivity contribution is 6.51. The average molecular weight is 504 g/mol. The van der Waals surface area contributed by atoms with Crippen molar-refractivity contribution in [3.63, 3.8) is 0 Å². The van der Waals surface area contributed by atoms with Crippen LogP contribution in [0.4, 0.5) is 5.69 Å². The van der Waals surface area contributed by atoms with Crippen LogP contribution in [0.2, 0.25) is 0 Å². The number of hydrogen-bond acceptors (Lipinski definition) is 8. The van der Waals surface area contributed by atoms with Crippen molar-refractivity contribution in [2.75, 3.05) is 33.3 Å². The van der Waals surface area contributed by atoms with Gasteiger partial charge in [-0.3, -0.25) is 14.5 Å². The zero-order valence-electron chi connectivity index (χ0n) is 20.7. The summed E-state index contributed by atoms with van der Waals surface area (Å²) >= 11 is 0. The molecule has 1 amide bonds. The number of Topliss-reactive ketones (excluding diaryl/α,β-unsaturated/α-hetero) is 1. The molecule has 4 rings (SSSR count). The summed E-state index contributed by atoms with van der Waals surface area (Å²) in [4.78, 5) is 40.1. The van der Waals surface area contributed by atoms with Crippen molar-refractivity contribution in [2.24, 2.45) is 0 Å². The zero-order chi connectivity index (χ0) is 26.7. The van der Waals surface area contributed by atoms with E-state index in [0.29, 0.717) is 17.0 Å². The molecule has 1 fully saturated rings. The first-order valence-corrected chi connectivity index (χ1v) is 11.2. The molecule has 1 unspecified atom stereocenters. The molecule has 3 aromatic rings. The lowest BCUT2D eigenvalue weighted by atomic mass is 9.93. The Morgan fingerprint density at radius 1 is 0.784 bits per heavy atom. The Morgan fingerprint density at radius 3 is 1.92 bits per heavy atom. The molecule has 1 heterocycles. The van der Waals surface area contributed by atoms with Crippen molar-refractivity contribution in [1.82, 2.24) is 0 Å². The van der Waals surface area contributed by atoms with Gasteiger partial charge in [0.15, 0.2) is 0 Å². The minimum absolute atomic E-state index is 0.131. The number of anilines is 1. The van der Waals surface area contributed by atoms with E-state index < -0.39 is 29.5 Å². The van der Waals surface area contributed by atoms with Gasteiger partial charge in [-0.2, -0.15) is 0 Å². The van der Waals surface area contributed by atoms with Crippen LogP contribution in [0, 0.1) is 0 Å². The van der Waals surface area contributed by atoms with Crippen LogP contribution in [-0.2, 0) is 14.3 Å². The average Bonchev–Trinajstić information content (AvgIpc) is 3.21. The smallest absolute Gasteiger partial charge is 0.337 e. The van der Waals surface area contributed by atoms with Gasteiger partial charge < -0.3 is 24.1 Å². The van der Waals surface area contributed by atoms with Crippen molar-refractivity contribution in [3.8, 4) is 17.2 Å². The minimum Gasteiger partial charge on any atom is -0.506 e. The van der Waals surface area contributed by atoms with Crippen LogP contribution in [0.5, 0.6) is 17.2 Å². The minimum atomic E-state index is -1.06. The number of para-hydroxylation sites is 1. The van der Waals surface area contributed by atoms with Crippen LogP contribution in [-0.4, -0.2) is 51.2 Å². The van der Waals surface area contributed by atoms with Crippen LogP contribution in [0.25, 0.3) is 5.76 Å². The number of hydrogen-bond donors (Lipinski definition) is 1. The third-order valence-corrected chi connectivity index (χ3v) is 6.11. The van der Waals surface area contributed by atoms with Gasteiger partial charge in [-0.25, -0.2) is 4.79 Å². The van der Waals surface area contributed by atoms with Gasteiger partial charge in [-0.1, -0.05) is 24.3 Å². The lowest BCUT2D eigenvalue weighted by Crippen LogP contribution is -2.29. The summed E-state index contributed by atoms with van der Waals surface area (Å²) in [6.45, 7) is 0. The third-order valence-electron chi connectivity index (χ3n) is 6.11. The summed E-state index contributed by atoms with van der Waals surface area (Å²) in [6.07, 6.45) is 0. The molecule has 0 bridgehead atoms. The quantitative estimate of drug-likeness (QED) is 0.222. The summed E-state index contributed by atoms with van der Waals surface area (Å²) in [5.41, 5.74) is 1.03. The van der Waals surface area contributed by atoms with E-state index >= 15 is 0 Å². The first-order valence-electron chi connectivity index (χ1n) is 11.2. The Hall–Kier alpha value is -4.79. The lowest BCUT2D eigenvalue weighted by Gasteiger charge is -2.27. The van der Waals surface area contributed by atoms with Crippen molar-refractivity contribution in [1.29, 1.82) is 0 Å². The number of carbonyl (C=O) groups excluding carboxylic acids is 3. The second-order valence-corrected chi connectivity index (χ2v) is 7.99. The van der Waals surface area contributed by atoms with Gasteiger partial charge in [0, 0.05) is 11.3 Å². The van der Waals surface area contributed by atoms with Gasteiger partial charge in [0.05, 0.1) is 45.6 Å². The first kappa shape index (κ1) is 25.3. The van der Waals surface area contributed by atoms with E-state index in [2.05, 4.69) is 0 Å². The van der Waals surface area contributed by atoms with Crippen LogP contribution >= 0.6 is 0 Å². The monoisotopic (exact) mass is 503 g/mol. The molecule has 0 saturated carbocycles. The molecule has 1 saturated heterocycles. The van der Waals surface area contributed by atoms with Gasteiger partial charge in [-0.15, -0.1) is 0 Å². The molecule has 37 heavy (non-hydrogen) atoms. The molecule has 1 N–H and O–H groups in total. The topological polar surface area (TPSA) is 112 Å². The van der Waals surface area contributed by atoms with Crippen molar-refractivity contribution in [2.45, 2.75) is 6.04 Å². The lowest BCUT2D eigenvalue weighted by molar-refractivity contribution is -0.132. The Kier molecular flexibility index (Phi) is 7.15. The van der Waals surface area contributed by atoms with Crippen LogP contribution in [0.15, 0.2) is 72.3 Å². The molecular formula is C28H25NO8. The van der Waals surface area contributed by atoms with Gasteiger partial charge >= 0.3 is 5.97 Å². The number of aliphatic hydroxyl groups is 1. The van der Waals surface area contributed by atoms with Gasteiger partial charge in [0.25, 0.3) is 11.7 Å². The Bertz CT molecular complexity index is 1370. The highest BCUT2D eigenvalue weighted by Crippen LogP contribution is 2.47. The fourth-order valence-corrected chi connectivity index (χ4v) is 4.38. The predicted octanol–water partition coefficient (Wildman–Crippen LogP) is 4.13. The molecule has 9 heteroatoms. The number of carbonyl (C=O) groups is 3. The molecule has 0 aromatic heterocycles. The normalized spacial score (nSPS) is 16.4. The van der Waals surface area contributed by atoms with Crippen molar-refractivity contribution >= 4 is 29.1 Å². The predicted molar refractivity (Wildman–Crippen MR) is 135 cm³/mol. The van der Waals surface area contributed by atoms with Crippen molar-refractivity contribution < 1.29 is 38.4 Å². The second-order valence-electron chi connectivity index (χ2n) is 7.99. The molecule has 0 aliphatic carbocycles. The molecule has 3 aromatic carbocycles. The van der Waals surface area contributed by atoms with Crippen LogP contribution in [0.3, 0.4) is 0 Å². The van der Waals surface area contributed by atoms with Gasteiger partial charge in [0.2, 0.25) is 0 Å². The standard InChI is InChI=1S/C28H25NO8/c1-34-19-9-6-5-8-18(19)24-23(25(30)22-20(35-2)10-7-11-21(22)36-3)26(31)27(32)29(24)17-14-12-16(13-15-17)28(33)37-4/h5-15,24,30H,1-4H3/b25-23+. The van der Waals surface area contributed by atoms with Crippen molar-refractivity contribution in [3.05, 3.63) is 89.0 Å². The highest BCUT2D eigenvalue weighted by Gasteiger charge is 2.48.